The first-order valence-electron chi connectivity index (χ1n) is 10.1. The minimum atomic E-state index is -1.06. The summed E-state index contributed by atoms with van der Waals surface area (Å²) in [6.07, 6.45) is 1.23. The number of anilines is 1. The molecule has 0 aromatic heterocycles. The summed E-state index contributed by atoms with van der Waals surface area (Å²) in [5.41, 5.74) is 0.324. The first-order valence-corrected chi connectivity index (χ1v) is 10.4. The molecule has 1 saturated heterocycles. The molecule has 4 amide bonds. The van der Waals surface area contributed by atoms with Gasteiger partial charge in [0.1, 0.15) is 23.7 Å². The molecule has 4 rings (SSSR count). The second-order valence-corrected chi connectivity index (χ2v) is 7.72. The van der Waals surface area contributed by atoms with Gasteiger partial charge in [-0.15, -0.1) is 0 Å². The number of nitrogens with zero attached hydrogens (tertiary/aromatic N) is 2. The second kappa shape index (κ2) is 9.74. The molecular formula is C24H15ClFN3O6. The van der Waals surface area contributed by atoms with Crippen molar-refractivity contribution >= 4 is 46.9 Å². The van der Waals surface area contributed by atoms with E-state index in [1.54, 1.807) is 12.1 Å². The van der Waals surface area contributed by atoms with Gasteiger partial charge in [-0.1, -0.05) is 29.8 Å². The Hall–Kier alpha value is -4.57. The third-order valence-corrected chi connectivity index (χ3v) is 5.30. The Morgan fingerprint density at radius 2 is 1.77 bits per heavy atom. The molecule has 0 spiro atoms. The molecule has 11 heteroatoms. The molecule has 1 aliphatic heterocycles. The Bertz CT molecular complexity index is 1390. The summed E-state index contributed by atoms with van der Waals surface area (Å²) in [6, 6.07) is 14.5. The molecule has 35 heavy (non-hydrogen) atoms. The largest absolute Gasteiger partial charge is 0.487 e. The number of hydrogen-bond acceptors (Lipinski definition) is 6. The number of para-hydroxylation sites is 1. The van der Waals surface area contributed by atoms with Crippen LogP contribution in [-0.4, -0.2) is 22.8 Å². The van der Waals surface area contributed by atoms with Crippen LogP contribution in [0.2, 0.25) is 5.02 Å². The van der Waals surface area contributed by atoms with E-state index in [4.69, 9.17) is 16.3 Å². The molecule has 0 aliphatic carbocycles. The van der Waals surface area contributed by atoms with Crippen LogP contribution >= 0.6 is 11.6 Å². The van der Waals surface area contributed by atoms with Crippen LogP contribution in [0, 0.1) is 15.9 Å². The number of nitro groups is 1. The van der Waals surface area contributed by atoms with Crippen LogP contribution in [0.4, 0.5) is 20.6 Å². The standard InChI is InChI=1S/C24H15ClFN3O6/c25-18-12-15(7-10-21(18)35-13-14-5-8-16(9-6-14)29(33)34)11-17-22(30)27-24(32)28(23(17)31)20-4-2-1-3-19(20)26/h1-12H,13H2,(H,27,30,32)/b17-11+. The zero-order valence-electron chi connectivity index (χ0n) is 17.7. The SMILES string of the molecule is O=C1NC(=O)N(c2ccccc2F)C(=O)/C1=C/c1ccc(OCc2ccc([N+](=O)[O-])cc2)c(Cl)c1. The van der Waals surface area contributed by atoms with Gasteiger partial charge in [0.2, 0.25) is 0 Å². The van der Waals surface area contributed by atoms with Crippen LogP contribution in [0.25, 0.3) is 6.08 Å². The van der Waals surface area contributed by atoms with E-state index < -0.39 is 28.6 Å². The third kappa shape index (κ3) is 5.02. The van der Waals surface area contributed by atoms with E-state index in [1.165, 1.54) is 54.6 Å². The molecule has 9 nitrogen and oxygen atoms in total. The van der Waals surface area contributed by atoms with E-state index in [1.807, 2.05) is 5.32 Å². The van der Waals surface area contributed by atoms with Gasteiger partial charge in [-0.2, -0.15) is 0 Å². The molecular weight excluding hydrogens is 481 g/mol. The van der Waals surface area contributed by atoms with E-state index in [0.29, 0.717) is 21.8 Å². The molecule has 1 N–H and O–H groups in total. The van der Waals surface area contributed by atoms with Gasteiger partial charge in [-0.25, -0.2) is 14.1 Å². The summed E-state index contributed by atoms with van der Waals surface area (Å²) in [4.78, 5) is 48.2. The molecule has 0 atom stereocenters. The summed E-state index contributed by atoms with van der Waals surface area (Å²) >= 11 is 6.28. The van der Waals surface area contributed by atoms with Crippen molar-refractivity contribution in [2.45, 2.75) is 6.61 Å². The lowest BCUT2D eigenvalue weighted by atomic mass is 10.1. The van der Waals surface area contributed by atoms with Crippen molar-refractivity contribution in [2.24, 2.45) is 0 Å². The molecule has 3 aromatic rings. The maximum Gasteiger partial charge on any atom is 0.336 e. The minimum absolute atomic E-state index is 0.0410. The number of hydrogen-bond donors (Lipinski definition) is 1. The fourth-order valence-electron chi connectivity index (χ4n) is 3.27. The molecule has 1 heterocycles. The van der Waals surface area contributed by atoms with Gasteiger partial charge in [-0.05, 0) is 53.6 Å². The lowest BCUT2D eigenvalue weighted by molar-refractivity contribution is -0.384. The average molecular weight is 496 g/mol. The fourth-order valence-corrected chi connectivity index (χ4v) is 3.52. The van der Waals surface area contributed by atoms with Gasteiger partial charge in [0.25, 0.3) is 17.5 Å². The first-order chi connectivity index (χ1) is 16.7. The molecule has 1 fully saturated rings. The van der Waals surface area contributed by atoms with Gasteiger partial charge in [0.15, 0.2) is 0 Å². The van der Waals surface area contributed by atoms with E-state index in [2.05, 4.69) is 0 Å². The number of imide groups is 2. The van der Waals surface area contributed by atoms with Crippen LogP contribution in [0.1, 0.15) is 11.1 Å². The highest BCUT2D eigenvalue weighted by atomic mass is 35.5. The van der Waals surface area contributed by atoms with Crippen LogP contribution < -0.4 is 15.0 Å². The normalized spacial score (nSPS) is 14.7. The Balaban J connectivity index is 1.53. The fraction of sp³-hybridized carbons (Fsp3) is 0.0417. The number of nitrogens with one attached hydrogen (secondary N) is 1. The number of halogens is 2. The second-order valence-electron chi connectivity index (χ2n) is 7.31. The van der Waals surface area contributed by atoms with Crippen molar-refractivity contribution in [3.63, 3.8) is 0 Å². The Labute approximate surface area is 202 Å². The zero-order chi connectivity index (χ0) is 25.1. The van der Waals surface area contributed by atoms with Crippen LogP contribution in [-0.2, 0) is 16.2 Å². The topological polar surface area (TPSA) is 119 Å². The van der Waals surface area contributed by atoms with Gasteiger partial charge in [0, 0.05) is 12.1 Å². The van der Waals surface area contributed by atoms with Crippen molar-refractivity contribution in [1.82, 2.24) is 5.32 Å². The Morgan fingerprint density at radius 3 is 2.43 bits per heavy atom. The van der Waals surface area contributed by atoms with Crippen molar-refractivity contribution in [3.8, 4) is 5.75 Å². The number of non-ortho nitro benzene ring substituents is 1. The molecule has 0 unspecified atom stereocenters. The Kier molecular flexibility index (Phi) is 6.56. The van der Waals surface area contributed by atoms with Gasteiger partial charge in [0.05, 0.1) is 15.6 Å². The molecule has 3 aromatic carbocycles. The monoisotopic (exact) mass is 495 g/mol. The number of barbiturate groups is 1. The minimum Gasteiger partial charge on any atom is -0.487 e. The van der Waals surface area contributed by atoms with E-state index in [9.17, 15) is 28.9 Å². The van der Waals surface area contributed by atoms with Gasteiger partial charge in [-0.3, -0.25) is 25.0 Å². The maximum absolute atomic E-state index is 14.2. The first kappa shape index (κ1) is 23.6. The van der Waals surface area contributed by atoms with Crippen molar-refractivity contribution < 1.29 is 28.4 Å². The van der Waals surface area contributed by atoms with E-state index in [0.717, 1.165) is 6.07 Å². The molecule has 0 saturated carbocycles. The highest BCUT2D eigenvalue weighted by molar-refractivity contribution is 6.39. The predicted molar refractivity (Wildman–Crippen MR) is 124 cm³/mol. The third-order valence-electron chi connectivity index (χ3n) is 5.00. The van der Waals surface area contributed by atoms with Crippen molar-refractivity contribution in [2.75, 3.05) is 4.90 Å². The number of urea groups is 1. The highest BCUT2D eigenvalue weighted by Gasteiger charge is 2.37. The predicted octanol–water partition coefficient (Wildman–Crippen LogP) is 4.63. The smallest absolute Gasteiger partial charge is 0.336 e. The highest BCUT2D eigenvalue weighted by Crippen LogP contribution is 2.29. The molecule has 176 valence electrons. The Morgan fingerprint density at radius 1 is 1.06 bits per heavy atom. The lowest BCUT2D eigenvalue weighted by Gasteiger charge is -2.26. The van der Waals surface area contributed by atoms with Crippen molar-refractivity contribution in [3.05, 3.63) is 104 Å². The van der Waals surface area contributed by atoms with Gasteiger partial charge < -0.3 is 4.74 Å². The summed E-state index contributed by atoms with van der Waals surface area (Å²) in [6.45, 7) is 0.0960. The number of amides is 4. The number of carbonyl (C=O) groups excluding carboxylic acids is 3. The number of nitro benzene ring substituents is 1. The summed E-state index contributed by atoms with van der Waals surface area (Å²) in [5, 5.41) is 12.9. The maximum atomic E-state index is 14.2. The average Bonchev–Trinajstić information content (AvgIpc) is 2.82. The number of ether oxygens (including phenoxy) is 1. The van der Waals surface area contributed by atoms with E-state index in [-0.39, 0.29) is 28.6 Å². The quantitative estimate of drug-likeness (QED) is 0.230. The molecule has 0 radical (unpaired) electrons. The van der Waals surface area contributed by atoms with Crippen molar-refractivity contribution in [1.29, 1.82) is 0 Å². The number of benzene rings is 3. The van der Waals surface area contributed by atoms with Gasteiger partial charge >= 0.3 is 6.03 Å². The summed E-state index contributed by atoms with van der Waals surface area (Å²) in [7, 11) is 0. The summed E-state index contributed by atoms with van der Waals surface area (Å²) < 4.78 is 19.8. The lowest BCUT2D eigenvalue weighted by Crippen LogP contribution is -2.54. The number of rotatable bonds is 6. The van der Waals surface area contributed by atoms with Crippen LogP contribution in [0.3, 0.4) is 0 Å². The van der Waals surface area contributed by atoms with Crippen LogP contribution in [0.15, 0.2) is 72.3 Å². The zero-order valence-corrected chi connectivity index (χ0v) is 18.5. The number of carbonyl (C=O) groups is 3. The summed E-state index contributed by atoms with van der Waals surface area (Å²) in [5.74, 6) is -2.42. The van der Waals surface area contributed by atoms with Crippen LogP contribution in [0.5, 0.6) is 5.75 Å². The molecule has 1 aliphatic rings. The molecule has 0 bridgehead atoms. The van der Waals surface area contributed by atoms with E-state index >= 15 is 0 Å².